The lowest BCUT2D eigenvalue weighted by molar-refractivity contribution is 0.114. The molecule has 1 aromatic rings. The first-order valence-corrected chi connectivity index (χ1v) is 9.75. The Kier molecular flexibility index (Phi) is 11.9. The molecule has 3 nitrogen and oxygen atoms in total. The molecule has 0 aliphatic carbocycles. The van der Waals surface area contributed by atoms with Crippen LogP contribution < -0.4 is 5.32 Å². The minimum Gasteiger partial charge on any atom is -0.446 e. The van der Waals surface area contributed by atoms with Crippen LogP contribution >= 0.6 is 0 Å². The van der Waals surface area contributed by atoms with E-state index in [1.165, 1.54) is 57.8 Å². The number of para-hydroxylation sites is 1. The molecule has 1 amide bonds. The number of carbonyl (C=O) groups excluding carboxylic acids is 1. The Labute approximate surface area is 148 Å². The molecule has 1 N–H and O–H groups in total. The Hall–Kier alpha value is -1.51. The van der Waals surface area contributed by atoms with Crippen molar-refractivity contribution in [2.75, 3.05) is 5.32 Å². The van der Waals surface area contributed by atoms with E-state index in [1.54, 1.807) is 0 Å². The average molecular weight is 334 g/mol. The molecule has 0 aliphatic rings. The number of benzene rings is 1. The van der Waals surface area contributed by atoms with Crippen molar-refractivity contribution in [1.29, 1.82) is 0 Å². The Balaban J connectivity index is 1.94. The van der Waals surface area contributed by atoms with E-state index in [-0.39, 0.29) is 12.2 Å². The third-order valence-electron chi connectivity index (χ3n) is 4.29. The molecular weight excluding hydrogens is 298 g/mol. The molecule has 0 saturated heterocycles. The van der Waals surface area contributed by atoms with Crippen molar-refractivity contribution in [1.82, 2.24) is 0 Å². The number of ether oxygens (including phenoxy) is 1. The largest absolute Gasteiger partial charge is 0.446 e. The van der Waals surface area contributed by atoms with E-state index in [0.717, 1.165) is 18.5 Å². The van der Waals surface area contributed by atoms with Gasteiger partial charge in [0.05, 0.1) is 0 Å². The van der Waals surface area contributed by atoms with Crippen molar-refractivity contribution in [3.05, 3.63) is 30.3 Å². The molecule has 0 heterocycles. The third kappa shape index (κ3) is 11.1. The third-order valence-corrected chi connectivity index (χ3v) is 4.29. The number of unbranched alkanes of at least 4 members (excludes halogenated alkanes) is 9. The Morgan fingerprint density at radius 3 is 2.04 bits per heavy atom. The highest BCUT2D eigenvalue weighted by atomic mass is 16.6. The van der Waals surface area contributed by atoms with Crippen molar-refractivity contribution in [2.45, 2.75) is 90.6 Å². The molecule has 0 aromatic heterocycles. The second-order valence-corrected chi connectivity index (χ2v) is 6.68. The van der Waals surface area contributed by atoms with Gasteiger partial charge in [-0.2, -0.15) is 0 Å². The van der Waals surface area contributed by atoms with Crippen LogP contribution in [-0.2, 0) is 4.74 Å². The molecule has 0 saturated carbocycles. The maximum atomic E-state index is 11.8. The molecule has 0 fully saturated rings. The summed E-state index contributed by atoms with van der Waals surface area (Å²) in [5, 5.41) is 2.75. The minimum atomic E-state index is -0.360. The van der Waals surface area contributed by atoms with E-state index >= 15 is 0 Å². The zero-order valence-corrected chi connectivity index (χ0v) is 15.6. The molecule has 0 aliphatic heterocycles. The van der Waals surface area contributed by atoms with Crippen molar-refractivity contribution < 1.29 is 9.53 Å². The van der Waals surface area contributed by atoms with Gasteiger partial charge in [-0.1, -0.05) is 82.9 Å². The maximum absolute atomic E-state index is 11.8. The molecule has 0 bridgehead atoms. The fraction of sp³-hybridized carbons (Fsp3) is 0.667. The summed E-state index contributed by atoms with van der Waals surface area (Å²) >= 11 is 0. The number of carbonyl (C=O) groups is 1. The van der Waals surface area contributed by atoms with E-state index < -0.39 is 0 Å². The number of hydrogen-bond donors (Lipinski definition) is 1. The van der Waals surface area contributed by atoms with E-state index in [1.807, 2.05) is 37.3 Å². The molecule has 1 aromatic carbocycles. The van der Waals surface area contributed by atoms with Crippen LogP contribution in [0.4, 0.5) is 10.5 Å². The van der Waals surface area contributed by atoms with Crippen molar-refractivity contribution >= 4 is 11.8 Å². The normalized spacial score (nSPS) is 11.9. The maximum Gasteiger partial charge on any atom is 0.411 e. The second kappa shape index (κ2) is 13.9. The molecule has 1 atom stereocenters. The van der Waals surface area contributed by atoms with Gasteiger partial charge in [0, 0.05) is 5.69 Å². The quantitative estimate of drug-likeness (QED) is 0.397. The Bertz CT molecular complexity index is 419. The second-order valence-electron chi connectivity index (χ2n) is 6.68. The van der Waals surface area contributed by atoms with E-state index in [0.29, 0.717) is 0 Å². The lowest BCUT2D eigenvalue weighted by atomic mass is 10.1. The van der Waals surface area contributed by atoms with Gasteiger partial charge in [-0.25, -0.2) is 4.79 Å². The average Bonchev–Trinajstić information content (AvgIpc) is 2.57. The summed E-state index contributed by atoms with van der Waals surface area (Å²) in [7, 11) is 0. The highest BCUT2D eigenvalue weighted by molar-refractivity contribution is 5.84. The van der Waals surface area contributed by atoms with E-state index in [9.17, 15) is 4.79 Å². The Morgan fingerprint density at radius 1 is 0.917 bits per heavy atom. The fourth-order valence-electron chi connectivity index (χ4n) is 2.83. The summed E-state index contributed by atoms with van der Waals surface area (Å²) in [6.07, 6.45) is 13.8. The number of hydrogen-bond acceptors (Lipinski definition) is 2. The van der Waals surface area contributed by atoms with Gasteiger partial charge in [-0.3, -0.25) is 5.32 Å². The Morgan fingerprint density at radius 2 is 1.46 bits per heavy atom. The molecule has 1 unspecified atom stereocenters. The van der Waals surface area contributed by atoms with Gasteiger partial charge in [0.1, 0.15) is 6.10 Å². The van der Waals surface area contributed by atoms with Gasteiger partial charge >= 0.3 is 6.09 Å². The topological polar surface area (TPSA) is 38.3 Å². The molecule has 3 heteroatoms. The van der Waals surface area contributed by atoms with Crippen molar-refractivity contribution in [2.24, 2.45) is 0 Å². The minimum absolute atomic E-state index is 0.0252. The molecule has 0 spiro atoms. The summed E-state index contributed by atoms with van der Waals surface area (Å²) in [5.74, 6) is 0. The number of nitrogens with one attached hydrogen (secondary N) is 1. The molecule has 1 rings (SSSR count). The number of rotatable bonds is 13. The molecule has 136 valence electrons. The van der Waals surface area contributed by atoms with Crippen LogP contribution in [0.2, 0.25) is 0 Å². The molecule has 0 radical (unpaired) electrons. The van der Waals surface area contributed by atoms with Gasteiger partial charge in [-0.15, -0.1) is 0 Å². The van der Waals surface area contributed by atoms with Crippen LogP contribution in [-0.4, -0.2) is 12.2 Å². The highest BCUT2D eigenvalue weighted by Gasteiger charge is 2.09. The zero-order chi connectivity index (χ0) is 17.5. The fourth-order valence-corrected chi connectivity index (χ4v) is 2.83. The first-order chi connectivity index (χ1) is 11.7. The molecule has 24 heavy (non-hydrogen) atoms. The lowest BCUT2D eigenvalue weighted by Gasteiger charge is -2.13. The van der Waals surface area contributed by atoms with Crippen LogP contribution in [0.1, 0.15) is 84.5 Å². The summed E-state index contributed by atoms with van der Waals surface area (Å²) in [4.78, 5) is 11.8. The van der Waals surface area contributed by atoms with Gasteiger partial charge in [0.15, 0.2) is 0 Å². The van der Waals surface area contributed by atoms with Gasteiger partial charge in [0.25, 0.3) is 0 Å². The predicted molar refractivity (Wildman–Crippen MR) is 102 cm³/mol. The number of anilines is 1. The highest BCUT2D eigenvalue weighted by Crippen LogP contribution is 2.13. The smallest absolute Gasteiger partial charge is 0.411 e. The monoisotopic (exact) mass is 333 g/mol. The van der Waals surface area contributed by atoms with Gasteiger partial charge < -0.3 is 4.74 Å². The number of amides is 1. The van der Waals surface area contributed by atoms with Crippen LogP contribution in [0.3, 0.4) is 0 Å². The lowest BCUT2D eigenvalue weighted by Crippen LogP contribution is -2.20. The van der Waals surface area contributed by atoms with Crippen molar-refractivity contribution in [3.63, 3.8) is 0 Å². The van der Waals surface area contributed by atoms with Crippen LogP contribution in [0.25, 0.3) is 0 Å². The van der Waals surface area contributed by atoms with Gasteiger partial charge in [-0.05, 0) is 31.9 Å². The zero-order valence-electron chi connectivity index (χ0n) is 15.6. The summed E-state index contributed by atoms with van der Waals surface area (Å²) < 4.78 is 5.39. The standard InChI is InChI=1S/C21H35NO2/c1-3-4-5-6-7-8-9-10-11-13-16-19(2)24-21(23)22-20-17-14-12-15-18-20/h12,14-15,17-19H,3-11,13,16H2,1-2H3,(H,22,23). The summed E-state index contributed by atoms with van der Waals surface area (Å²) in [6.45, 7) is 4.23. The van der Waals surface area contributed by atoms with Crippen LogP contribution in [0.15, 0.2) is 30.3 Å². The molecular formula is C21H35NO2. The van der Waals surface area contributed by atoms with Crippen LogP contribution in [0, 0.1) is 0 Å². The first-order valence-electron chi connectivity index (χ1n) is 9.75. The van der Waals surface area contributed by atoms with Crippen LogP contribution in [0.5, 0.6) is 0 Å². The SMILES string of the molecule is CCCCCCCCCCCCC(C)OC(=O)Nc1ccccc1. The van der Waals surface area contributed by atoms with Gasteiger partial charge in [0.2, 0.25) is 0 Å². The summed E-state index contributed by atoms with van der Waals surface area (Å²) in [5.41, 5.74) is 0.772. The van der Waals surface area contributed by atoms with E-state index in [2.05, 4.69) is 12.2 Å². The van der Waals surface area contributed by atoms with Crippen molar-refractivity contribution in [3.8, 4) is 0 Å². The predicted octanol–water partition coefficient (Wildman–Crippen LogP) is 6.93. The first kappa shape index (κ1) is 20.5. The van der Waals surface area contributed by atoms with E-state index in [4.69, 9.17) is 4.74 Å². The summed E-state index contributed by atoms with van der Waals surface area (Å²) in [6, 6.07) is 9.42.